The van der Waals surface area contributed by atoms with E-state index in [-0.39, 0.29) is 43.3 Å². The van der Waals surface area contributed by atoms with Gasteiger partial charge >= 0.3 is 5.97 Å². The van der Waals surface area contributed by atoms with Crippen molar-refractivity contribution in [1.82, 2.24) is 10.6 Å². The van der Waals surface area contributed by atoms with Gasteiger partial charge in [-0.05, 0) is 44.6 Å². The van der Waals surface area contributed by atoms with E-state index in [4.69, 9.17) is 4.74 Å². The van der Waals surface area contributed by atoms with E-state index < -0.39 is 17.6 Å². The molecule has 0 aromatic heterocycles. The van der Waals surface area contributed by atoms with Crippen LogP contribution in [-0.2, 0) is 25.5 Å². The van der Waals surface area contributed by atoms with E-state index in [0.717, 1.165) is 31.2 Å². The first-order valence-corrected chi connectivity index (χ1v) is 12.5. The van der Waals surface area contributed by atoms with Crippen molar-refractivity contribution in [2.75, 3.05) is 13.2 Å². The highest BCUT2D eigenvalue weighted by Crippen LogP contribution is 2.29. The Hall–Kier alpha value is -2.93. The van der Waals surface area contributed by atoms with Crippen LogP contribution in [0.5, 0.6) is 0 Å². The summed E-state index contributed by atoms with van der Waals surface area (Å²) < 4.78 is 5.60. The van der Waals surface area contributed by atoms with Crippen LogP contribution >= 0.6 is 0 Å². The van der Waals surface area contributed by atoms with Gasteiger partial charge in [-0.15, -0.1) is 13.2 Å². The zero-order valence-electron chi connectivity index (χ0n) is 20.8. The van der Waals surface area contributed by atoms with Gasteiger partial charge in [0.05, 0.1) is 30.5 Å². The summed E-state index contributed by atoms with van der Waals surface area (Å²) in [4.78, 5) is 38.1. The number of rotatable bonds is 15. The van der Waals surface area contributed by atoms with Gasteiger partial charge in [-0.2, -0.15) is 0 Å². The maximum atomic E-state index is 12.8. The van der Waals surface area contributed by atoms with Crippen LogP contribution in [-0.4, -0.2) is 47.7 Å². The summed E-state index contributed by atoms with van der Waals surface area (Å²) in [7, 11) is 0. The summed E-state index contributed by atoms with van der Waals surface area (Å²) in [6, 6.07) is 9.73. The minimum absolute atomic E-state index is 0.00621. The van der Waals surface area contributed by atoms with E-state index in [1.165, 1.54) is 0 Å². The smallest absolute Gasteiger partial charge is 0.309 e. The van der Waals surface area contributed by atoms with Crippen molar-refractivity contribution < 1.29 is 24.2 Å². The number of allylic oxidation sites excluding steroid dienone is 2. The predicted molar refractivity (Wildman–Crippen MR) is 136 cm³/mol. The molecular formula is C28H40N2O5. The quantitative estimate of drug-likeness (QED) is 0.261. The minimum atomic E-state index is -0.584. The summed E-state index contributed by atoms with van der Waals surface area (Å²) >= 11 is 0. The molecule has 192 valence electrons. The number of aliphatic hydroxyl groups excluding tert-OH is 1. The molecule has 0 unspecified atom stereocenters. The van der Waals surface area contributed by atoms with Crippen molar-refractivity contribution >= 4 is 17.8 Å². The summed E-state index contributed by atoms with van der Waals surface area (Å²) in [5.74, 6) is -1.81. The molecule has 1 aliphatic carbocycles. The maximum absolute atomic E-state index is 12.8. The first kappa shape index (κ1) is 28.3. The topological polar surface area (TPSA) is 105 Å². The van der Waals surface area contributed by atoms with E-state index in [9.17, 15) is 19.5 Å². The molecule has 3 atom stereocenters. The van der Waals surface area contributed by atoms with Gasteiger partial charge < -0.3 is 20.5 Å². The number of aliphatic hydroxyl groups is 1. The number of ether oxygens (including phenoxy) is 1. The number of hydrogen-bond donors (Lipinski definition) is 3. The molecule has 7 nitrogen and oxygen atoms in total. The molecule has 0 heterocycles. The van der Waals surface area contributed by atoms with Crippen LogP contribution in [0.2, 0.25) is 0 Å². The van der Waals surface area contributed by atoms with Gasteiger partial charge in [0.1, 0.15) is 6.10 Å². The molecule has 1 aliphatic rings. The van der Waals surface area contributed by atoms with Crippen molar-refractivity contribution in [1.29, 1.82) is 0 Å². The van der Waals surface area contributed by atoms with Crippen LogP contribution in [0.15, 0.2) is 55.6 Å². The molecule has 0 saturated heterocycles. The Labute approximate surface area is 209 Å². The fourth-order valence-corrected chi connectivity index (χ4v) is 4.52. The summed E-state index contributed by atoms with van der Waals surface area (Å²) in [5, 5.41) is 15.5. The highest BCUT2D eigenvalue weighted by atomic mass is 16.5. The molecule has 0 radical (unpaired) electrons. The molecular weight excluding hydrogens is 444 g/mol. The van der Waals surface area contributed by atoms with Crippen LogP contribution in [0.25, 0.3) is 0 Å². The second-order valence-electron chi connectivity index (χ2n) is 9.52. The van der Waals surface area contributed by atoms with Crippen molar-refractivity contribution in [3.05, 3.63) is 61.2 Å². The molecule has 2 rings (SSSR count). The highest BCUT2D eigenvalue weighted by Gasteiger charge is 2.35. The van der Waals surface area contributed by atoms with E-state index in [2.05, 4.69) is 23.8 Å². The van der Waals surface area contributed by atoms with Crippen LogP contribution in [0, 0.1) is 11.8 Å². The Morgan fingerprint density at radius 1 is 1.09 bits per heavy atom. The predicted octanol–water partition coefficient (Wildman–Crippen LogP) is 3.47. The summed E-state index contributed by atoms with van der Waals surface area (Å²) in [6.07, 6.45) is 7.62. The monoisotopic (exact) mass is 484 g/mol. The zero-order chi connectivity index (χ0) is 25.7. The fourth-order valence-electron chi connectivity index (χ4n) is 4.52. The normalized spacial score (nSPS) is 17.0. The van der Waals surface area contributed by atoms with Gasteiger partial charge in [-0.25, -0.2) is 0 Å². The van der Waals surface area contributed by atoms with Gasteiger partial charge in [-0.3, -0.25) is 14.4 Å². The fraction of sp³-hybridized carbons (Fsp3) is 0.536. The van der Waals surface area contributed by atoms with Crippen molar-refractivity contribution in [2.24, 2.45) is 11.8 Å². The Kier molecular flexibility index (Phi) is 11.7. The van der Waals surface area contributed by atoms with Crippen LogP contribution in [0.3, 0.4) is 0 Å². The molecule has 1 aromatic carbocycles. The molecule has 1 aromatic rings. The Bertz CT molecular complexity index is 848. The third kappa shape index (κ3) is 9.32. The van der Waals surface area contributed by atoms with Crippen LogP contribution < -0.4 is 10.6 Å². The molecule has 0 bridgehead atoms. The first-order valence-electron chi connectivity index (χ1n) is 12.5. The van der Waals surface area contributed by atoms with Gasteiger partial charge in [0.25, 0.3) is 0 Å². The van der Waals surface area contributed by atoms with E-state index in [0.29, 0.717) is 19.3 Å². The van der Waals surface area contributed by atoms with Crippen LogP contribution in [0.1, 0.15) is 57.4 Å². The number of hydrogen-bond acceptors (Lipinski definition) is 5. The average molecular weight is 485 g/mol. The lowest BCUT2D eigenvalue weighted by Gasteiger charge is -2.28. The third-order valence-corrected chi connectivity index (χ3v) is 6.51. The molecule has 3 N–H and O–H groups in total. The molecule has 35 heavy (non-hydrogen) atoms. The Balaban J connectivity index is 1.85. The maximum Gasteiger partial charge on any atom is 0.309 e. The largest absolute Gasteiger partial charge is 0.461 e. The van der Waals surface area contributed by atoms with Gasteiger partial charge in [0, 0.05) is 6.42 Å². The van der Waals surface area contributed by atoms with Gasteiger partial charge in [0.2, 0.25) is 11.8 Å². The lowest BCUT2D eigenvalue weighted by atomic mass is 9.95. The van der Waals surface area contributed by atoms with Crippen LogP contribution in [0.4, 0.5) is 0 Å². The standard InChI is InChI=1S/C28H40N2O5/c1-4-11-23(18-25(32)30-28(20-31)15-9-10-16-28)26(33)29-19-21(3)35-27(34)24(12-5-2)17-22-13-7-6-8-14-22/h4-8,13-14,21,23-24,31H,1-2,9-12,15-20H2,3H3,(H,29,33)(H,30,32)/t21-,23+,24-/m0/s1. The number of nitrogens with one attached hydrogen (secondary N) is 2. The van der Waals surface area contributed by atoms with Gasteiger partial charge in [-0.1, -0.05) is 55.3 Å². The highest BCUT2D eigenvalue weighted by molar-refractivity contribution is 5.86. The summed E-state index contributed by atoms with van der Waals surface area (Å²) in [5.41, 5.74) is 0.472. The SMILES string of the molecule is C=CC[C@H](CC(=O)NC1(CO)CCCC1)C(=O)NC[C@H](C)OC(=O)[C@@H](CC=C)Cc1ccccc1. The van der Waals surface area contributed by atoms with Crippen molar-refractivity contribution in [3.8, 4) is 0 Å². The van der Waals surface area contributed by atoms with E-state index in [1.54, 1.807) is 19.1 Å². The number of carbonyl (C=O) groups is 3. The number of amides is 2. The molecule has 0 spiro atoms. The molecule has 0 aliphatic heterocycles. The minimum Gasteiger partial charge on any atom is -0.461 e. The lowest BCUT2D eigenvalue weighted by molar-refractivity contribution is -0.153. The van der Waals surface area contributed by atoms with Crippen molar-refractivity contribution in [2.45, 2.75) is 69.9 Å². The number of esters is 1. The molecule has 7 heteroatoms. The van der Waals surface area contributed by atoms with E-state index in [1.807, 2.05) is 30.3 Å². The molecule has 1 saturated carbocycles. The zero-order valence-corrected chi connectivity index (χ0v) is 20.8. The van der Waals surface area contributed by atoms with Crippen molar-refractivity contribution in [3.63, 3.8) is 0 Å². The Morgan fingerprint density at radius 3 is 2.31 bits per heavy atom. The number of carbonyl (C=O) groups excluding carboxylic acids is 3. The van der Waals surface area contributed by atoms with Gasteiger partial charge in [0.15, 0.2) is 0 Å². The lowest BCUT2D eigenvalue weighted by Crippen LogP contribution is -2.50. The average Bonchev–Trinajstić information content (AvgIpc) is 3.31. The van der Waals surface area contributed by atoms with E-state index >= 15 is 0 Å². The summed E-state index contributed by atoms with van der Waals surface area (Å²) in [6.45, 7) is 9.22. The third-order valence-electron chi connectivity index (χ3n) is 6.51. The Morgan fingerprint density at radius 2 is 1.71 bits per heavy atom. The first-order chi connectivity index (χ1) is 16.8. The second kappa shape index (κ2) is 14.5. The second-order valence-corrected chi connectivity index (χ2v) is 9.52. The molecule has 1 fully saturated rings. The molecule has 2 amide bonds. The number of benzene rings is 1.